The molecule has 3 aromatic rings. The van der Waals surface area contributed by atoms with Crippen LogP contribution in [-0.4, -0.2) is 34.9 Å². The lowest BCUT2D eigenvalue weighted by Crippen LogP contribution is -2.46. The molecular formula is C25H22FN3O4S. The molecule has 1 aliphatic heterocycles. The molecule has 9 heteroatoms. The molecule has 1 aromatic heterocycles. The lowest BCUT2D eigenvalue weighted by Gasteiger charge is -2.24. The first-order chi connectivity index (χ1) is 16.5. The van der Waals surface area contributed by atoms with E-state index in [0.29, 0.717) is 21.7 Å². The molecular weight excluding hydrogens is 457 g/mol. The zero-order valence-electron chi connectivity index (χ0n) is 18.1. The van der Waals surface area contributed by atoms with Gasteiger partial charge in [0.15, 0.2) is 12.1 Å². The van der Waals surface area contributed by atoms with Gasteiger partial charge in [-0.2, -0.15) is 0 Å². The van der Waals surface area contributed by atoms with Crippen LogP contribution in [0.1, 0.15) is 39.7 Å². The maximum absolute atomic E-state index is 13.3. The first-order valence-electron chi connectivity index (χ1n) is 10.9. The number of carbonyl (C=O) groups excluding carboxylic acids is 3. The van der Waals surface area contributed by atoms with Crippen LogP contribution in [0.3, 0.4) is 0 Å². The molecule has 0 radical (unpaired) electrons. The van der Waals surface area contributed by atoms with E-state index >= 15 is 0 Å². The second-order valence-electron chi connectivity index (χ2n) is 8.34. The van der Waals surface area contributed by atoms with Gasteiger partial charge in [0.1, 0.15) is 5.82 Å². The maximum atomic E-state index is 13.3. The number of hydrogen-bond donors (Lipinski definition) is 2. The minimum atomic E-state index is -0.901. The van der Waals surface area contributed by atoms with Crippen molar-refractivity contribution in [3.05, 3.63) is 87.9 Å². The SMILES string of the molecule is O=C(Nc1cccc([C@@H]2OC(=O)N(Cc3ccc(F)cc3)[C@H]2C(=O)NC2CC2)c1)c1cccs1. The molecule has 2 atom stereocenters. The lowest BCUT2D eigenvalue weighted by molar-refractivity contribution is -0.126. The van der Waals surface area contributed by atoms with Crippen LogP contribution >= 0.6 is 11.3 Å². The minimum Gasteiger partial charge on any atom is -0.438 e. The van der Waals surface area contributed by atoms with Crippen LogP contribution in [-0.2, 0) is 16.1 Å². The third-order valence-electron chi connectivity index (χ3n) is 5.76. The summed E-state index contributed by atoms with van der Waals surface area (Å²) in [5, 5.41) is 7.63. The summed E-state index contributed by atoms with van der Waals surface area (Å²) in [7, 11) is 0. The average molecular weight is 480 g/mol. The summed E-state index contributed by atoms with van der Waals surface area (Å²) in [5.41, 5.74) is 1.81. The van der Waals surface area contributed by atoms with E-state index in [-0.39, 0.29) is 30.2 Å². The molecule has 2 heterocycles. The predicted molar refractivity (Wildman–Crippen MR) is 125 cm³/mol. The van der Waals surface area contributed by atoms with Gasteiger partial charge in [0, 0.05) is 11.7 Å². The molecule has 34 heavy (non-hydrogen) atoms. The summed E-state index contributed by atoms with van der Waals surface area (Å²) in [5.74, 6) is -0.917. The molecule has 0 spiro atoms. The first-order valence-corrected chi connectivity index (χ1v) is 11.8. The van der Waals surface area contributed by atoms with Crippen molar-refractivity contribution in [1.29, 1.82) is 0 Å². The molecule has 2 aromatic carbocycles. The Morgan fingerprint density at radius 3 is 2.59 bits per heavy atom. The number of thiophene rings is 1. The summed E-state index contributed by atoms with van der Waals surface area (Å²) < 4.78 is 19.0. The van der Waals surface area contributed by atoms with E-state index < -0.39 is 18.2 Å². The molecule has 1 saturated carbocycles. The van der Waals surface area contributed by atoms with Crippen molar-refractivity contribution in [1.82, 2.24) is 10.2 Å². The van der Waals surface area contributed by atoms with Crippen LogP contribution in [0.2, 0.25) is 0 Å². The van der Waals surface area contributed by atoms with Crippen LogP contribution in [0.5, 0.6) is 0 Å². The smallest absolute Gasteiger partial charge is 0.411 e. The molecule has 3 amide bonds. The number of nitrogens with zero attached hydrogens (tertiary/aromatic N) is 1. The Morgan fingerprint density at radius 1 is 1.09 bits per heavy atom. The van der Waals surface area contributed by atoms with Crippen molar-refractivity contribution in [3.8, 4) is 0 Å². The molecule has 1 aliphatic carbocycles. The molecule has 0 bridgehead atoms. The Kier molecular flexibility index (Phi) is 6.02. The van der Waals surface area contributed by atoms with Gasteiger partial charge in [0.05, 0.1) is 11.4 Å². The summed E-state index contributed by atoms with van der Waals surface area (Å²) in [4.78, 5) is 40.4. The Morgan fingerprint density at radius 2 is 1.88 bits per heavy atom. The zero-order chi connectivity index (χ0) is 23.7. The number of ether oxygens (including phenoxy) is 1. The maximum Gasteiger partial charge on any atom is 0.411 e. The third kappa shape index (κ3) is 4.79. The zero-order valence-corrected chi connectivity index (χ0v) is 18.9. The van der Waals surface area contributed by atoms with E-state index in [2.05, 4.69) is 10.6 Å². The van der Waals surface area contributed by atoms with E-state index in [1.165, 1.54) is 28.4 Å². The van der Waals surface area contributed by atoms with Crippen molar-refractivity contribution < 1.29 is 23.5 Å². The van der Waals surface area contributed by atoms with E-state index in [1.807, 2.05) is 5.38 Å². The number of hydrogen-bond acceptors (Lipinski definition) is 5. The molecule has 0 unspecified atom stereocenters. The van der Waals surface area contributed by atoms with Crippen LogP contribution in [0, 0.1) is 5.82 Å². The second kappa shape index (κ2) is 9.26. The monoisotopic (exact) mass is 479 g/mol. The number of benzene rings is 2. The van der Waals surface area contributed by atoms with Crippen LogP contribution in [0.25, 0.3) is 0 Å². The van der Waals surface area contributed by atoms with Crippen LogP contribution in [0.4, 0.5) is 14.9 Å². The fourth-order valence-corrected chi connectivity index (χ4v) is 4.52. The number of rotatable bonds is 7. The predicted octanol–water partition coefficient (Wildman–Crippen LogP) is 4.48. The Hall–Kier alpha value is -3.72. The summed E-state index contributed by atoms with van der Waals surface area (Å²) in [6.45, 7) is 0.104. The van der Waals surface area contributed by atoms with Gasteiger partial charge < -0.3 is 15.4 Å². The highest BCUT2D eigenvalue weighted by molar-refractivity contribution is 7.12. The van der Waals surface area contributed by atoms with Gasteiger partial charge in [-0.25, -0.2) is 9.18 Å². The molecule has 7 nitrogen and oxygen atoms in total. The van der Waals surface area contributed by atoms with Gasteiger partial charge >= 0.3 is 6.09 Å². The van der Waals surface area contributed by atoms with Crippen molar-refractivity contribution in [2.75, 3.05) is 5.32 Å². The normalized spacial score (nSPS) is 19.6. The van der Waals surface area contributed by atoms with E-state index in [9.17, 15) is 18.8 Å². The highest BCUT2D eigenvalue weighted by Crippen LogP contribution is 2.35. The Bertz CT molecular complexity index is 1210. The van der Waals surface area contributed by atoms with E-state index in [1.54, 1.807) is 48.5 Å². The molecule has 2 fully saturated rings. The fraction of sp³-hybridized carbons (Fsp3) is 0.240. The number of nitrogens with one attached hydrogen (secondary N) is 2. The van der Waals surface area contributed by atoms with Gasteiger partial charge in [-0.3, -0.25) is 14.5 Å². The lowest BCUT2D eigenvalue weighted by atomic mass is 10.00. The molecule has 2 N–H and O–H groups in total. The Labute approximate surface area is 199 Å². The summed E-state index contributed by atoms with van der Waals surface area (Å²) in [6, 6.07) is 15.5. The van der Waals surface area contributed by atoms with Crippen molar-refractivity contribution in [3.63, 3.8) is 0 Å². The van der Waals surface area contributed by atoms with Crippen molar-refractivity contribution in [2.24, 2.45) is 0 Å². The van der Waals surface area contributed by atoms with Gasteiger partial charge in [-0.15, -0.1) is 11.3 Å². The average Bonchev–Trinajstić information content (AvgIpc) is 3.34. The first kappa shape index (κ1) is 22.1. The van der Waals surface area contributed by atoms with E-state index in [0.717, 1.165) is 12.8 Å². The molecule has 2 aliphatic rings. The molecule has 1 saturated heterocycles. The van der Waals surface area contributed by atoms with Crippen molar-refractivity contribution in [2.45, 2.75) is 37.6 Å². The summed E-state index contributed by atoms with van der Waals surface area (Å²) >= 11 is 1.33. The number of carbonyl (C=O) groups is 3. The minimum absolute atomic E-state index is 0.104. The quantitative estimate of drug-likeness (QED) is 0.523. The van der Waals surface area contributed by atoms with Gasteiger partial charge in [0.2, 0.25) is 5.91 Å². The highest BCUT2D eigenvalue weighted by atomic mass is 32.1. The van der Waals surface area contributed by atoms with Gasteiger partial charge in [-0.05, 0) is 59.7 Å². The third-order valence-corrected chi connectivity index (χ3v) is 6.63. The fourth-order valence-electron chi connectivity index (χ4n) is 3.90. The number of halogens is 1. The number of anilines is 1. The Balaban J connectivity index is 1.41. The topological polar surface area (TPSA) is 87.7 Å². The van der Waals surface area contributed by atoms with Gasteiger partial charge in [-0.1, -0.05) is 30.3 Å². The summed E-state index contributed by atoms with van der Waals surface area (Å²) in [6.07, 6.45) is 0.323. The standard InChI is InChI=1S/C25H22FN3O4S/c26-17-8-6-15(7-9-17)14-29-21(24(31)27-18-10-11-18)22(33-25(29)32)16-3-1-4-19(13-16)28-23(30)20-5-2-12-34-20/h1-9,12-13,18,21-22H,10-11,14H2,(H,27,31)(H,28,30)/t21-,22+/m1/s1. The van der Waals surface area contributed by atoms with Crippen LogP contribution < -0.4 is 10.6 Å². The molecule has 5 rings (SSSR count). The van der Waals surface area contributed by atoms with E-state index in [4.69, 9.17) is 4.74 Å². The van der Waals surface area contributed by atoms with Gasteiger partial charge in [0.25, 0.3) is 5.91 Å². The number of amides is 3. The highest BCUT2D eigenvalue weighted by Gasteiger charge is 2.48. The van der Waals surface area contributed by atoms with Crippen molar-refractivity contribution >= 4 is 34.9 Å². The largest absolute Gasteiger partial charge is 0.438 e. The second-order valence-corrected chi connectivity index (χ2v) is 9.29. The number of cyclic esters (lactones) is 1. The molecule has 174 valence electrons. The van der Waals surface area contributed by atoms with Crippen LogP contribution in [0.15, 0.2) is 66.0 Å².